The van der Waals surface area contributed by atoms with Crippen molar-refractivity contribution in [2.75, 3.05) is 0 Å². The summed E-state index contributed by atoms with van der Waals surface area (Å²) in [5.74, 6) is 0. The number of aromatic nitrogens is 1. The second kappa shape index (κ2) is 4.70. The van der Waals surface area contributed by atoms with Gasteiger partial charge in [0, 0.05) is 6.04 Å². The molecule has 0 aliphatic heterocycles. The second-order valence-electron chi connectivity index (χ2n) is 3.08. The Kier molecular flexibility index (Phi) is 3.79. The van der Waals surface area contributed by atoms with Crippen LogP contribution in [0.15, 0.2) is 10.4 Å². The Morgan fingerprint density at radius 3 is 2.87 bits per heavy atom. The van der Waals surface area contributed by atoms with E-state index in [1.54, 1.807) is 13.8 Å². The van der Waals surface area contributed by atoms with Gasteiger partial charge < -0.3 is 0 Å². The molecule has 0 aromatic carbocycles. The van der Waals surface area contributed by atoms with Crippen LogP contribution in [-0.2, 0) is 10.0 Å². The van der Waals surface area contributed by atoms with Crippen molar-refractivity contribution in [1.82, 2.24) is 9.71 Å². The van der Waals surface area contributed by atoms with Gasteiger partial charge in [0.05, 0.1) is 23.7 Å². The summed E-state index contributed by atoms with van der Waals surface area (Å²) >= 11 is 1.11. The number of sulfonamides is 1. The summed E-state index contributed by atoms with van der Waals surface area (Å²) in [7, 11) is -3.51. The highest BCUT2D eigenvalue weighted by molar-refractivity contribution is 7.91. The Hall–Kier alpha value is -0.970. The molecule has 1 aromatic heterocycles. The zero-order valence-electron chi connectivity index (χ0n) is 8.39. The summed E-state index contributed by atoms with van der Waals surface area (Å²) in [5, 5.41) is 9.11. The van der Waals surface area contributed by atoms with Crippen molar-refractivity contribution in [2.24, 2.45) is 0 Å². The Morgan fingerprint density at radius 1 is 1.73 bits per heavy atom. The zero-order chi connectivity index (χ0) is 11.5. The molecule has 7 heteroatoms. The van der Waals surface area contributed by atoms with Gasteiger partial charge in [-0.15, -0.1) is 11.3 Å². The van der Waals surface area contributed by atoms with Crippen molar-refractivity contribution in [1.29, 1.82) is 5.26 Å². The monoisotopic (exact) mass is 245 g/mol. The Balaban J connectivity index is 2.81. The summed E-state index contributed by atoms with van der Waals surface area (Å²) < 4.78 is 26.0. The largest absolute Gasteiger partial charge is 0.251 e. The maximum Gasteiger partial charge on any atom is 0.251 e. The average Bonchev–Trinajstić information content (AvgIpc) is 2.51. The van der Waals surface area contributed by atoms with Gasteiger partial charge in [0.1, 0.15) is 0 Å². The minimum atomic E-state index is -3.51. The van der Waals surface area contributed by atoms with Crippen LogP contribution in [0.5, 0.6) is 0 Å². The molecule has 1 N–H and O–H groups in total. The van der Waals surface area contributed by atoms with Crippen LogP contribution in [0.25, 0.3) is 0 Å². The number of hydrogen-bond donors (Lipinski definition) is 1. The predicted octanol–water partition coefficient (Wildman–Crippen LogP) is 1.03. The van der Waals surface area contributed by atoms with Crippen LogP contribution in [0.4, 0.5) is 0 Å². The lowest BCUT2D eigenvalue weighted by atomic mass is 10.3. The lowest BCUT2D eigenvalue weighted by Crippen LogP contribution is -2.31. The number of rotatable bonds is 4. The van der Waals surface area contributed by atoms with E-state index < -0.39 is 10.0 Å². The van der Waals surface area contributed by atoms with Crippen LogP contribution >= 0.6 is 11.3 Å². The first-order chi connectivity index (χ1) is 6.95. The molecule has 15 heavy (non-hydrogen) atoms. The molecule has 0 aliphatic carbocycles. The number of thiazole rings is 1. The SMILES string of the molecule is Cc1ncc(S(=O)(=O)NC(C)CC#N)s1. The predicted molar refractivity (Wildman–Crippen MR) is 56.9 cm³/mol. The molecule has 1 aromatic rings. The minimum Gasteiger partial charge on any atom is -0.249 e. The fourth-order valence-corrected chi connectivity index (χ4v) is 3.34. The van der Waals surface area contributed by atoms with Crippen molar-refractivity contribution in [3.63, 3.8) is 0 Å². The fourth-order valence-electron chi connectivity index (χ4n) is 0.968. The molecule has 0 amide bonds. The van der Waals surface area contributed by atoms with Gasteiger partial charge >= 0.3 is 0 Å². The molecule has 0 spiro atoms. The molecule has 0 saturated heterocycles. The van der Waals surface area contributed by atoms with E-state index in [1.165, 1.54) is 6.20 Å². The topological polar surface area (TPSA) is 82.8 Å². The third kappa shape index (κ3) is 3.27. The van der Waals surface area contributed by atoms with E-state index in [9.17, 15) is 8.42 Å². The number of nitrogens with one attached hydrogen (secondary N) is 1. The van der Waals surface area contributed by atoms with Gasteiger partial charge in [0.15, 0.2) is 4.21 Å². The van der Waals surface area contributed by atoms with E-state index in [0.29, 0.717) is 5.01 Å². The van der Waals surface area contributed by atoms with Gasteiger partial charge in [-0.2, -0.15) is 5.26 Å². The molecule has 1 atom stereocenters. The molecule has 1 unspecified atom stereocenters. The quantitative estimate of drug-likeness (QED) is 0.858. The van der Waals surface area contributed by atoms with Crippen LogP contribution in [0.1, 0.15) is 18.4 Å². The highest BCUT2D eigenvalue weighted by atomic mass is 32.2. The van der Waals surface area contributed by atoms with Crippen molar-refractivity contribution in [3.05, 3.63) is 11.2 Å². The highest BCUT2D eigenvalue weighted by Gasteiger charge is 2.19. The maximum absolute atomic E-state index is 11.7. The van der Waals surface area contributed by atoms with Gasteiger partial charge in [-0.05, 0) is 13.8 Å². The van der Waals surface area contributed by atoms with Crippen LogP contribution in [0.3, 0.4) is 0 Å². The van der Waals surface area contributed by atoms with E-state index in [-0.39, 0.29) is 16.7 Å². The third-order valence-electron chi connectivity index (χ3n) is 1.62. The molecule has 82 valence electrons. The van der Waals surface area contributed by atoms with E-state index in [1.807, 2.05) is 6.07 Å². The Bertz CT molecular complexity index is 472. The molecule has 0 radical (unpaired) electrons. The Labute approximate surface area is 92.8 Å². The number of nitriles is 1. The number of aryl methyl sites for hydroxylation is 1. The molecular weight excluding hydrogens is 234 g/mol. The molecule has 0 aliphatic rings. The summed E-state index contributed by atoms with van der Waals surface area (Å²) in [4.78, 5) is 3.87. The summed E-state index contributed by atoms with van der Waals surface area (Å²) in [6.45, 7) is 3.39. The summed E-state index contributed by atoms with van der Waals surface area (Å²) in [5.41, 5.74) is 0. The smallest absolute Gasteiger partial charge is 0.249 e. The first-order valence-electron chi connectivity index (χ1n) is 4.27. The fraction of sp³-hybridized carbons (Fsp3) is 0.500. The lowest BCUT2D eigenvalue weighted by Gasteiger charge is -2.08. The highest BCUT2D eigenvalue weighted by Crippen LogP contribution is 2.17. The molecule has 0 fully saturated rings. The number of nitrogens with zero attached hydrogens (tertiary/aromatic N) is 2. The van der Waals surface area contributed by atoms with Gasteiger partial charge in [0.25, 0.3) is 10.0 Å². The second-order valence-corrected chi connectivity index (χ2v) is 6.26. The minimum absolute atomic E-state index is 0.150. The molecule has 5 nitrogen and oxygen atoms in total. The molecule has 0 bridgehead atoms. The van der Waals surface area contributed by atoms with E-state index in [0.717, 1.165) is 11.3 Å². The van der Waals surface area contributed by atoms with Gasteiger partial charge in [0.2, 0.25) is 0 Å². The van der Waals surface area contributed by atoms with Crippen molar-refractivity contribution >= 4 is 21.4 Å². The standard InChI is InChI=1S/C8H11N3O2S2/c1-6(3-4-9)11-15(12,13)8-5-10-7(2)14-8/h5-6,11H,3H2,1-2H3. The van der Waals surface area contributed by atoms with Crippen LogP contribution < -0.4 is 4.72 Å². The van der Waals surface area contributed by atoms with E-state index in [4.69, 9.17) is 5.26 Å². The van der Waals surface area contributed by atoms with Crippen LogP contribution in [0.2, 0.25) is 0 Å². The van der Waals surface area contributed by atoms with Crippen molar-refractivity contribution in [2.45, 2.75) is 30.5 Å². The molecule has 0 saturated carbocycles. The summed E-state index contributed by atoms with van der Waals surface area (Å²) in [6, 6.07) is 1.52. The molecule has 1 rings (SSSR count). The average molecular weight is 245 g/mol. The normalized spacial score (nSPS) is 13.4. The van der Waals surface area contributed by atoms with Crippen LogP contribution in [0, 0.1) is 18.3 Å². The van der Waals surface area contributed by atoms with Crippen molar-refractivity contribution < 1.29 is 8.42 Å². The first-order valence-corrected chi connectivity index (χ1v) is 6.57. The molecule has 1 heterocycles. The third-order valence-corrected chi connectivity index (χ3v) is 4.58. The summed E-state index contributed by atoms with van der Waals surface area (Å²) in [6.07, 6.45) is 1.47. The van der Waals surface area contributed by atoms with Gasteiger partial charge in [-0.1, -0.05) is 0 Å². The molecular formula is C8H11N3O2S2. The van der Waals surface area contributed by atoms with E-state index in [2.05, 4.69) is 9.71 Å². The van der Waals surface area contributed by atoms with Gasteiger partial charge in [-0.3, -0.25) is 0 Å². The lowest BCUT2D eigenvalue weighted by molar-refractivity contribution is 0.565. The maximum atomic E-state index is 11.7. The van der Waals surface area contributed by atoms with E-state index >= 15 is 0 Å². The van der Waals surface area contributed by atoms with Crippen LogP contribution in [-0.4, -0.2) is 19.4 Å². The Morgan fingerprint density at radius 2 is 2.40 bits per heavy atom. The number of hydrogen-bond acceptors (Lipinski definition) is 5. The van der Waals surface area contributed by atoms with Crippen molar-refractivity contribution in [3.8, 4) is 6.07 Å². The first kappa shape index (κ1) is 12.1. The van der Waals surface area contributed by atoms with Gasteiger partial charge in [-0.25, -0.2) is 18.1 Å². The zero-order valence-corrected chi connectivity index (χ0v) is 10.0.